The van der Waals surface area contributed by atoms with E-state index in [0.717, 1.165) is 11.0 Å². The van der Waals surface area contributed by atoms with Crippen molar-refractivity contribution in [2.24, 2.45) is 0 Å². The van der Waals surface area contributed by atoms with E-state index in [1.165, 1.54) is 12.1 Å². The van der Waals surface area contributed by atoms with Gasteiger partial charge in [-0.3, -0.25) is 14.5 Å². The zero-order valence-electron chi connectivity index (χ0n) is 9.91. The van der Waals surface area contributed by atoms with Gasteiger partial charge in [0.2, 0.25) is 11.8 Å². The largest absolute Gasteiger partial charge is 0.343 e. The van der Waals surface area contributed by atoms with Gasteiger partial charge in [0, 0.05) is 5.02 Å². The van der Waals surface area contributed by atoms with Crippen molar-refractivity contribution in [3.05, 3.63) is 29.0 Å². The van der Waals surface area contributed by atoms with Crippen LogP contribution in [-0.2, 0) is 9.59 Å². The Labute approximate surface area is 109 Å². The molecule has 0 bridgehead atoms. The number of rotatable bonds is 1. The van der Waals surface area contributed by atoms with E-state index in [0.29, 0.717) is 0 Å². The van der Waals surface area contributed by atoms with Gasteiger partial charge in [0.15, 0.2) is 0 Å². The Morgan fingerprint density at radius 1 is 1.33 bits per heavy atom. The molecule has 2 unspecified atom stereocenters. The van der Waals surface area contributed by atoms with Crippen LogP contribution in [0.5, 0.6) is 0 Å². The van der Waals surface area contributed by atoms with Crippen LogP contribution in [-0.4, -0.2) is 23.9 Å². The zero-order chi connectivity index (χ0) is 13.4. The van der Waals surface area contributed by atoms with E-state index in [4.69, 9.17) is 11.6 Å². The SMILES string of the molecule is CC1NC(=O)C(C)N(c2ccc(Cl)cc2F)C1=O. The first-order valence-corrected chi connectivity index (χ1v) is 5.88. The maximum Gasteiger partial charge on any atom is 0.250 e. The lowest BCUT2D eigenvalue weighted by Gasteiger charge is -2.36. The number of anilines is 1. The minimum absolute atomic E-state index is 0.0681. The monoisotopic (exact) mass is 270 g/mol. The molecular formula is C12H12ClFN2O2. The number of carbonyl (C=O) groups excluding carboxylic acids is 2. The fraction of sp³-hybridized carbons (Fsp3) is 0.333. The number of nitrogens with one attached hydrogen (secondary N) is 1. The average Bonchev–Trinajstić information content (AvgIpc) is 2.29. The topological polar surface area (TPSA) is 49.4 Å². The van der Waals surface area contributed by atoms with Crippen LogP contribution in [0.1, 0.15) is 13.8 Å². The highest BCUT2D eigenvalue weighted by atomic mass is 35.5. The van der Waals surface area contributed by atoms with Crippen molar-refractivity contribution in [2.75, 3.05) is 4.90 Å². The van der Waals surface area contributed by atoms with Gasteiger partial charge in [-0.15, -0.1) is 0 Å². The Bertz CT molecular complexity index is 521. The van der Waals surface area contributed by atoms with Gasteiger partial charge in [0.1, 0.15) is 17.9 Å². The molecule has 2 amide bonds. The molecular weight excluding hydrogens is 259 g/mol. The molecule has 0 saturated carbocycles. The maximum atomic E-state index is 13.8. The first-order valence-electron chi connectivity index (χ1n) is 5.50. The second kappa shape index (κ2) is 4.57. The Morgan fingerprint density at radius 3 is 2.61 bits per heavy atom. The van der Waals surface area contributed by atoms with E-state index in [2.05, 4.69) is 5.32 Å². The third kappa shape index (κ3) is 2.06. The van der Waals surface area contributed by atoms with Crippen LogP contribution in [0.2, 0.25) is 5.02 Å². The third-order valence-electron chi connectivity index (χ3n) is 2.90. The molecule has 0 aromatic heterocycles. The summed E-state index contributed by atoms with van der Waals surface area (Å²) in [6.07, 6.45) is 0. The first kappa shape index (κ1) is 12.8. The van der Waals surface area contributed by atoms with Crippen LogP contribution in [0.4, 0.5) is 10.1 Å². The standard InChI is InChI=1S/C12H12ClFN2O2/c1-6-12(18)16(7(2)11(17)15-6)10-4-3-8(13)5-9(10)14/h3-7H,1-2H3,(H,15,17). The molecule has 18 heavy (non-hydrogen) atoms. The van der Waals surface area contributed by atoms with E-state index in [9.17, 15) is 14.0 Å². The highest BCUT2D eigenvalue weighted by Crippen LogP contribution is 2.26. The molecule has 1 aromatic rings. The Kier molecular flexibility index (Phi) is 3.26. The number of nitrogens with zero attached hydrogens (tertiary/aromatic N) is 1. The van der Waals surface area contributed by atoms with Crippen molar-refractivity contribution in [1.82, 2.24) is 5.32 Å². The molecule has 1 fully saturated rings. The van der Waals surface area contributed by atoms with E-state index in [1.807, 2.05) is 0 Å². The van der Waals surface area contributed by atoms with E-state index < -0.39 is 17.9 Å². The quantitative estimate of drug-likeness (QED) is 0.845. The van der Waals surface area contributed by atoms with Gasteiger partial charge in [-0.05, 0) is 32.0 Å². The van der Waals surface area contributed by atoms with Gasteiger partial charge in [-0.25, -0.2) is 4.39 Å². The van der Waals surface area contributed by atoms with Gasteiger partial charge in [0.25, 0.3) is 0 Å². The summed E-state index contributed by atoms with van der Waals surface area (Å²) < 4.78 is 13.8. The second-order valence-corrected chi connectivity index (χ2v) is 4.65. The number of hydrogen-bond donors (Lipinski definition) is 1. The van der Waals surface area contributed by atoms with Crippen molar-refractivity contribution < 1.29 is 14.0 Å². The molecule has 1 N–H and O–H groups in total. The summed E-state index contributed by atoms with van der Waals surface area (Å²) in [6, 6.07) is 2.59. The molecule has 0 spiro atoms. The van der Waals surface area contributed by atoms with Crippen molar-refractivity contribution in [3.63, 3.8) is 0 Å². The molecule has 1 aromatic carbocycles. The van der Waals surface area contributed by atoms with E-state index in [1.54, 1.807) is 13.8 Å². The zero-order valence-corrected chi connectivity index (χ0v) is 10.7. The van der Waals surface area contributed by atoms with Crippen molar-refractivity contribution in [2.45, 2.75) is 25.9 Å². The van der Waals surface area contributed by atoms with Gasteiger partial charge in [0.05, 0.1) is 5.69 Å². The fourth-order valence-electron chi connectivity index (χ4n) is 1.92. The smallest absolute Gasteiger partial charge is 0.250 e. The molecule has 0 aliphatic carbocycles. The van der Waals surface area contributed by atoms with Crippen LogP contribution in [0.3, 0.4) is 0 Å². The lowest BCUT2D eigenvalue weighted by Crippen LogP contribution is -2.61. The number of amides is 2. The Morgan fingerprint density at radius 2 is 2.00 bits per heavy atom. The predicted molar refractivity (Wildman–Crippen MR) is 66.0 cm³/mol. The van der Waals surface area contributed by atoms with Gasteiger partial charge >= 0.3 is 0 Å². The van der Waals surface area contributed by atoms with Crippen molar-refractivity contribution in [3.8, 4) is 0 Å². The van der Waals surface area contributed by atoms with Crippen molar-refractivity contribution >= 4 is 29.1 Å². The lowest BCUT2D eigenvalue weighted by atomic mass is 10.1. The summed E-state index contributed by atoms with van der Waals surface area (Å²) >= 11 is 5.66. The maximum absolute atomic E-state index is 13.8. The minimum atomic E-state index is -0.746. The molecule has 1 aliphatic heterocycles. The summed E-state index contributed by atoms with van der Waals surface area (Å²) in [4.78, 5) is 24.9. The Hall–Kier alpha value is -1.62. The van der Waals surface area contributed by atoms with E-state index >= 15 is 0 Å². The van der Waals surface area contributed by atoms with Crippen molar-refractivity contribution in [1.29, 1.82) is 0 Å². The average molecular weight is 271 g/mol. The van der Waals surface area contributed by atoms with Crippen LogP contribution < -0.4 is 10.2 Å². The molecule has 2 rings (SSSR count). The molecule has 1 aliphatic rings. The number of piperazine rings is 1. The van der Waals surface area contributed by atoms with E-state index in [-0.39, 0.29) is 22.5 Å². The predicted octanol–water partition coefficient (Wildman–Crippen LogP) is 1.72. The van der Waals surface area contributed by atoms with Gasteiger partial charge in [-0.1, -0.05) is 11.6 Å². The number of hydrogen-bond acceptors (Lipinski definition) is 2. The number of halogens is 2. The fourth-order valence-corrected chi connectivity index (χ4v) is 2.08. The lowest BCUT2D eigenvalue weighted by molar-refractivity contribution is -0.133. The summed E-state index contributed by atoms with van der Waals surface area (Å²) in [5.41, 5.74) is 0.0681. The second-order valence-electron chi connectivity index (χ2n) is 4.21. The summed E-state index contributed by atoms with van der Waals surface area (Å²) in [6.45, 7) is 3.11. The minimum Gasteiger partial charge on any atom is -0.343 e. The van der Waals surface area contributed by atoms with Crippen LogP contribution in [0.25, 0.3) is 0 Å². The molecule has 96 valence electrons. The highest BCUT2D eigenvalue weighted by Gasteiger charge is 2.37. The Balaban J connectivity index is 2.46. The molecule has 1 saturated heterocycles. The summed E-state index contributed by atoms with van der Waals surface area (Å²) in [5.74, 6) is -1.27. The van der Waals surface area contributed by atoms with Gasteiger partial charge < -0.3 is 5.32 Å². The van der Waals surface area contributed by atoms with Crippen LogP contribution in [0, 0.1) is 5.82 Å². The van der Waals surface area contributed by atoms with Crippen LogP contribution >= 0.6 is 11.6 Å². The molecule has 2 atom stereocenters. The molecule has 0 radical (unpaired) electrons. The van der Waals surface area contributed by atoms with Crippen LogP contribution in [0.15, 0.2) is 18.2 Å². The molecule has 1 heterocycles. The normalized spacial score (nSPS) is 24.1. The molecule has 4 nitrogen and oxygen atoms in total. The highest BCUT2D eigenvalue weighted by molar-refractivity contribution is 6.30. The number of carbonyl (C=O) groups is 2. The molecule has 6 heteroatoms. The third-order valence-corrected chi connectivity index (χ3v) is 3.14. The number of benzene rings is 1. The summed E-state index contributed by atoms with van der Waals surface area (Å²) in [7, 11) is 0. The van der Waals surface area contributed by atoms with Gasteiger partial charge in [-0.2, -0.15) is 0 Å². The summed E-state index contributed by atoms with van der Waals surface area (Å²) in [5, 5.41) is 2.77. The first-order chi connectivity index (χ1) is 8.41.